The van der Waals surface area contributed by atoms with E-state index in [1.54, 1.807) is 0 Å². The van der Waals surface area contributed by atoms with Crippen LogP contribution in [0.5, 0.6) is 0 Å². The van der Waals surface area contributed by atoms with Gasteiger partial charge < -0.3 is 5.32 Å². The Morgan fingerprint density at radius 2 is 1.48 bits per heavy atom. The fourth-order valence-electron chi connectivity index (χ4n) is 8.04. The molecule has 0 amide bonds. The lowest BCUT2D eigenvalue weighted by atomic mass is 9.65. The fraction of sp³-hybridized carbons (Fsp3) is 0.462. The van der Waals surface area contributed by atoms with Crippen LogP contribution in [0.3, 0.4) is 0 Å². The summed E-state index contributed by atoms with van der Waals surface area (Å²) in [6, 6.07) is 23.4. The summed E-state index contributed by atoms with van der Waals surface area (Å²) < 4.78 is 1.26. The highest BCUT2D eigenvalue weighted by Crippen LogP contribution is 2.47. The Morgan fingerprint density at radius 3 is 2.19 bits per heavy atom. The van der Waals surface area contributed by atoms with Gasteiger partial charge in [0, 0.05) is 11.1 Å². The van der Waals surface area contributed by atoms with E-state index < -0.39 is 0 Å². The molecule has 2 unspecified atom stereocenters. The van der Waals surface area contributed by atoms with Crippen molar-refractivity contribution in [3.05, 3.63) is 71.8 Å². The van der Waals surface area contributed by atoms with Gasteiger partial charge in [-0.1, -0.05) is 115 Å². The predicted octanol–water partition coefficient (Wildman–Crippen LogP) is 11.6. The van der Waals surface area contributed by atoms with E-state index in [0.29, 0.717) is 0 Å². The number of anilines is 1. The molecule has 7 rings (SSSR count). The average molecular weight is 575 g/mol. The van der Waals surface area contributed by atoms with Crippen molar-refractivity contribution in [1.82, 2.24) is 4.98 Å². The standard InChI is InChI=1S/C39H46N2S/c1-37(2,3)28-16-17-30-27(20-28)19-26-14-15-29(38(4,5)6)21-32(26)34(30)31-12-9-13-33-35(31)40-36(42-33)41-39(7)22-24-10-8-11-25(18-24)23-39/h9,12-17,19-21,24-25H,8,10-11,18,22-23H2,1-7H3,(H,40,41). The van der Waals surface area contributed by atoms with Gasteiger partial charge in [0.1, 0.15) is 0 Å². The molecule has 0 radical (unpaired) electrons. The van der Waals surface area contributed by atoms with E-state index in [2.05, 4.69) is 114 Å². The van der Waals surface area contributed by atoms with Crippen LogP contribution in [0, 0.1) is 11.8 Å². The van der Waals surface area contributed by atoms with Gasteiger partial charge in [0.05, 0.1) is 10.2 Å². The molecule has 0 spiro atoms. The van der Waals surface area contributed by atoms with Crippen LogP contribution < -0.4 is 5.32 Å². The Labute approximate surface area is 256 Å². The summed E-state index contributed by atoms with van der Waals surface area (Å²) in [4.78, 5) is 5.37. The smallest absolute Gasteiger partial charge is 0.184 e. The van der Waals surface area contributed by atoms with Crippen molar-refractivity contribution in [3.8, 4) is 11.1 Å². The van der Waals surface area contributed by atoms with Gasteiger partial charge in [-0.3, -0.25) is 0 Å². The molecule has 4 aromatic carbocycles. The van der Waals surface area contributed by atoms with Crippen molar-refractivity contribution in [2.45, 2.75) is 103 Å². The summed E-state index contributed by atoms with van der Waals surface area (Å²) in [5.74, 6) is 1.74. The normalized spacial score (nSPS) is 23.1. The molecular weight excluding hydrogens is 529 g/mol. The number of hydrogen-bond donors (Lipinski definition) is 1. The van der Waals surface area contributed by atoms with Gasteiger partial charge in [-0.05, 0) is 105 Å². The molecule has 2 aliphatic carbocycles. The van der Waals surface area contributed by atoms with Crippen LogP contribution in [0.4, 0.5) is 5.13 Å². The number of nitrogens with one attached hydrogen (secondary N) is 1. The number of thiazole rings is 1. The Balaban J connectivity index is 1.41. The maximum absolute atomic E-state index is 5.37. The van der Waals surface area contributed by atoms with Crippen molar-refractivity contribution < 1.29 is 0 Å². The molecule has 42 heavy (non-hydrogen) atoms. The SMILES string of the molecule is CC1(Nc2nc3c(-c4c5ccc(C(C)(C)C)cc5cc5ccc(C(C)(C)C)cc45)cccc3s2)CC2CCCC(C2)C1. The molecular formula is C39H46N2S. The van der Waals surface area contributed by atoms with Gasteiger partial charge in [-0.2, -0.15) is 0 Å². The van der Waals surface area contributed by atoms with Crippen LogP contribution in [0.25, 0.3) is 42.9 Å². The lowest BCUT2D eigenvalue weighted by Crippen LogP contribution is -2.44. The Bertz CT molecular complexity index is 1800. The highest BCUT2D eigenvalue weighted by atomic mass is 32.1. The number of para-hydroxylation sites is 1. The molecule has 2 fully saturated rings. The van der Waals surface area contributed by atoms with Crippen molar-refractivity contribution >= 4 is 48.2 Å². The molecule has 1 heterocycles. The second-order valence-electron chi connectivity index (χ2n) is 15.8. The molecule has 218 valence electrons. The first-order valence-electron chi connectivity index (χ1n) is 16.1. The third-order valence-electron chi connectivity index (χ3n) is 10.2. The van der Waals surface area contributed by atoms with Gasteiger partial charge in [0.2, 0.25) is 0 Å². The summed E-state index contributed by atoms with van der Waals surface area (Å²) in [6.45, 7) is 16.3. The molecule has 5 aromatic rings. The molecule has 2 aliphatic rings. The van der Waals surface area contributed by atoms with E-state index >= 15 is 0 Å². The number of rotatable bonds is 3. The average Bonchev–Trinajstić information content (AvgIpc) is 3.31. The zero-order valence-corrected chi connectivity index (χ0v) is 27.3. The fourth-order valence-corrected chi connectivity index (χ4v) is 9.08. The molecule has 2 atom stereocenters. The third-order valence-corrected chi connectivity index (χ3v) is 11.1. The lowest BCUT2D eigenvalue weighted by molar-refractivity contribution is 0.135. The second kappa shape index (κ2) is 9.81. The molecule has 2 bridgehead atoms. The van der Waals surface area contributed by atoms with Crippen molar-refractivity contribution in [2.75, 3.05) is 5.32 Å². The first-order valence-corrected chi connectivity index (χ1v) is 16.9. The second-order valence-corrected chi connectivity index (χ2v) is 16.8. The zero-order valence-electron chi connectivity index (χ0n) is 26.5. The van der Waals surface area contributed by atoms with Crippen LogP contribution >= 0.6 is 11.3 Å². The van der Waals surface area contributed by atoms with Gasteiger partial charge >= 0.3 is 0 Å². The first-order chi connectivity index (χ1) is 19.9. The number of aromatic nitrogens is 1. The number of fused-ring (bicyclic) bond motifs is 5. The van der Waals surface area contributed by atoms with Gasteiger partial charge in [0.15, 0.2) is 5.13 Å². The Morgan fingerprint density at radius 1 is 0.786 bits per heavy atom. The highest BCUT2D eigenvalue weighted by Gasteiger charge is 2.39. The lowest BCUT2D eigenvalue weighted by Gasteiger charge is -2.45. The van der Waals surface area contributed by atoms with Crippen LogP contribution in [0.1, 0.15) is 98.1 Å². The van der Waals surface area contributed by atoms with E-state index in [1.165, 1.54) is 87.0 Å². The van der Waals surface area contributed by atoms with E-state index in [9.17, 15) is 0 Å². The molecule has 3 heteroatoms. The third kappa shape index (κ3) is 5.02. The molecule has 1 aromatic heterocycles. The van der Waals surface area contributed by atoms with Gasteiger partial charge in [-0.25, -0.2) is 4.98 Å². The van der Waals surface area contributed by atoms with Crippen molar-refractivity contribution in [2.24, 2.45) is 11.8 Å². The molecule has 0 aliphatic heterocycles. The summed E-state index contributed by atoms with van der Waals surface area (Å²) in [5, 5.41) is 10.3. The molecule has 0 saturated heterocycles. The minimum atomic E-state index is 0.0774. The van der Waals surface area contributed by atoms with E-state index in [0.717, 1.165) is 22.5 Å². The summed E-state index contributed by atoms with van der Waals surface area (Å²) in [7, 11) is 0. The van der Waals surface area contributed by atoms with Crippen LogP contribution in [0.15, 0.2) is 60.7 Å². The Hall–Kier alpha value is -2.91. The molecule has 2 saturated carbocycles. The number of benzene rings is 4. The monoisotopic (exact) mass is 574 g/mol. The Kier molecular flexibility index (Phi) is 6.51. The minimum Gasteiger partial charge on any atom is -0.356 e. The van der Waals surface area contributed by atoms with Crippen LogP contribution in [0.2, 0.25) is 0 Å². The van der Waals surface area contributed by atoms with Crippen molar-refractivity contribution in [1.29, 1.82) is 0 Å². The van der Waals surface area contributed by atoms with Crippen molar-refractivity contribution in [3.63, 3.8) is 0 Å². The quantitative estimate of drug-likeness (QED) is 0.217. The number of nitrogens with zero attached hydrogens (tertiary/aromatic N) is 1. The highest BCUT2D eigenvalue weighted by molar-refractivity contribution is 7.22. The van der Waals surface area contributed by atoms with E-state index in [4.69, 9.17) is 4.98 Å². The largest absolute Gasteiger partial charge is 0.356 e. The van der Waals surface area contributed by atoms with Gasteiger partial charge in [-0.15, -0.1) is 0 Å². The topological polar surface area (TPSA) is 24.9 Å². The summed E-state index contributed by atoms with van der Waals surface area (Å²) in [6.07, 6.45) is 8.20. The van der Waals surface area contributed by atoms with E-state index in [1.807, 2.05) is 11.3 Å². The van der Waals surface area contributed by atoms with Crippen LogP contribution in [-0.4, -0.2) is 10.5 Å². The van der Waals surface area contributed by atoms with Gasteiger partial charge in [0.25, 0.3) is 0 Å². The maximum atomic E-state index is 5.37. The molecule has 2 nitrogen and oxygen atoms in total. The van der Waals surface area contributed by atoms with Crippen LogP contribution in [-0.2, 0) is 10.8 Å². The maximum Gasteiger partial charge on any atom is 0.184 e. The predicted molar refractivity (Wildman–Crippen MR) is 184 cm³/mol. The van der Waals surface area contributed by atoms with E-state index in [-0.39, 0.29) is 16.4 Å². The summed E-state index contributed by atoms with van der Waals surface area (Å²) in [5.41, 5.74) is 6.73. The number of hydrogen-bond acceptors (Lipinski definition) is 3. The summed E-state index contributed by atoms with van der Waals surface area (Å²) >= 11 is 1.83. The molecule has 1 N–H and O–H groups in total. The zero-order chi connectivity index (χ0) is 29.4. The minimum absolute atomic E-state index is 0.0774. The first kappa shape index (κ1) is 27.9.